The Labute approximate surface area is 93.3 Å². The lowest BCUT2D eigenvalue weighted by Crippen LogP contribution is -2.40. The highest BCUT2D eigenvalue weighted by Gasteiger charge is 2.13. The first-order valence-corrected chi connectivity index (χ1v) is 4.82. The third-order valence-electron chi connectivity index (χ3n) is 1.56. The Morgan fingerprint density at radius 2 is 2.00 bits per heavy atom. The zero-order chi connectivity index (χ0) is 11.8. The summed E-state index contributed by atoms with van der Waals surface area (Å²) in [5, 5.41) is 2.39. The highest BCUT2D eigenvalue weighted by molar-refractivity contribution is 7.80. The number of amides is 1. The number of rotatable bonds is 5. The fourth-order valence-corrected chi connectivity index (χ4v) is 1.06. The summed E-state index contributed by atoms with van der Waals surface area (Å²) in [7, 11) is 1.21. The van der Waals surface area contributed by atoms with Crippen molar-refractivity contribution in [1.82, 2.24) is 5.32 Å². The first kappa shape index (κ1) is 13.7. The second-order valence-corrected chi connectivity index (χ2v) is 3.08. The van der Waals surface area contributed by atoms with Gasteiger partial charge in [-0.25, -0.2) is 4.79 Å². The molecule has 0 radical (unpaired) electrons. The lowest BCUT2D eigenvalue weighted by Gasteiger charge is -2.10. The Hall–Kier alpha value is -1.30. The van der Waals surface area contributed by atoms with Gasteiger partial charge in [-0.05, 0) is 6.92 Å². The van der Waals surface area contributed by atoms with Crippen LogP contribution in [0.5, 0.6) is 0 Å². The van der Waals surface area contributed by atoms with Crippen LogP contribution in [0.3, 0.4) is 0 Å². The van der Waals surface area contributed by atoms with Gasteiger partial charge in [0, 0.05) is 17.9 Å². The molecule has 0 spiro atoms. The van der Waals surface area contributed by atoms with E-state index in [0.29, 0.717) is 0 Å². The first-order chi connectivity index (χ1) is 7.01. The molecule has 1 N–H and O–H groups in total. The fraction of sp³-hybridized carbons (Fsp3) is 0.444. The molecule has 0 aliphatic rings. The third-order valence-corrected chi connectivity index (χ3v) is 1.93. The van der Waals surface area contributed by atoms with Crippen LogP contribution in [0.25, 0.3) is 0 Å². The van der Waals surface area contributed by atoms with Crippen LogP contribution in [0, 0.1) is 0 Å². The van der Waals surface area contributed by atoms with Gasteiger partial charge in [0.05, 0.1) is 13.2 Å². The normalized spacial score (nSPS) is 12.2. The Kier molecular flexibility index (Phi) is 6.44. The zero-order valence-electron chi connectivity index (χ0n) is 8.52. The molecule has 5 nitrogen and oxygen atoms in total. The molecule has 0 fully saturated rings. The number of carbonyl (C=O) groups excluding carboxylic acids is 3. The van der Waals surface area contributed by atoms with E-state index in [1.165, 1.54) is 14.0 Å². The molecular weight excluding hydrogens is 218 g/mol. The summed E-state index contributed by atoms with van der Waals surface area (Å²) in [4.78, 5) is 32.7. The molecule has 0 aromatic heterocycles. The summed E-state index contributed by atoms with van der Waals surface area (Å²) >= 11 is 3.91. The van der Waals surface area contributed by atoms with Gasteiger partial charge in [0.1, 0.15) is 0 Å². The van der Waals surface area contributed by atoms with Gasteiger partial charge in [-0.3, -0.25) is 9.59 Å². The molecule has 0 bridgehead atoms. The molecule has 15 heavy (non-hydrogen) atoms. The van der Waals surface area contributed by atoms with Gasteiger partial charge in [0.25, 0.3) is 0 Å². The van der Waals surface area contributed by atoms with Crippen LogP contribution in [0.2, 0.25) is 0 Å². The minimum atomic E-state index is -0.636. The molecule has 0 aromatic carbocycles. The fourth-order valence-electron chi connectivity index (χ4n) is 0.707. The zero-order valence-corrected chi connectivity index (χ0v) is 9.41. The van der Waals surface area contributed by atoms with Crippen LogP contribution in [0.15, 0.2) is 12.2 Å². The minimum Gasteiger partial charge on any atom is -0.466 e. The van der Waals surface area contributed by atoms with Gasteiger partial charge < -0.3 is 10.1 Å². The van der Waals surface area contributed by atoms with E-state index in [1.807, 2.05) is 0 Å². The van der Waals surface area contributed by atoms with Gasteiger partial charge in [0.2, 0.25) is 5.91 Å². The average molecular weight is 231 g/mol. The Bertz CT molecular complexity index is 288. The summed E-state index contributed by atoms with van der Waals surface area (Å²) in [6, 6.07) is -0.636. The van der Waals surface area contributed by atoms with Gasteiger partial charge in [-0.2, -0.15) is 12.6 Å². The number of thiol groups is 1. The minimum absolute atomic E-state index is 0.190. The van der Waals surface area contributed by atoms with E-state index in [2.05, 4.69) is 22.7 Å². The second-order valence-electron chi connectivity index (χ2n) is 2.71. The number of ether oxygens (including phenoxy) is 1. The van der Waals surface area contributed by atoms with Crippen LogP contribution >= 0.6 is 12.6 Å². The number of carbonyl (C=O) groups is 3. The maximum absolute atomic E-state index is 11.1. The van der Waals surface area contributed by atoms with Crippen LogP contribution in [0.1, 0.15) is 6.92 Å². The summed E-state index contributed by atoms with van der Waals surface area (Å²) in [6.45, 7) is 1.35. The monoisotopic (exact) mass is 231 g/mol. The topological polar surface area (TPSA) is 72.5 Å². The average Bonchev–Trinajstić information content (AvgIpc) is 2.21. The summed E-state index contributed by atoms with van der Waals surface area (Å²) in [6.07, 6.45) is 1.98. The smallest absolute Gasteiger partial charge is 0.330 e. The van der Waals surface area contributed by atoms with Crippen molar-refractivity contribution in [3.05, 3.63) is 12.2 Å². The van der Waals surface area contributed by atoms with E-state index in [4.69, 9.17) is 0 Å². The van der Waals surface area contributed by atoms with Crippen molar-refractivity contribution in [1.29, 1.82) is 0 Å². The molecule has 0 aliphatic carbocycles. The van der Waals surface area contributed by atoms with Crippen molar-refractivity contribution in [2.75, 3.05) is 12.9 Å². The van der Waals surface area contributed by atoms with Crippen LogP contribution in [-0.4, -0.2) is 36.6 Å². The highest BCUT2D eigenvalue weighted by Crippen LogP contribution is 1.90. The molecule has 0 saturated carbocycles. The summed E-state index contributed by atoms with van der Waals surface area (Å²) < 4.78 is 4.29. The van der Waals surface area contributed by atoms with Crippen LogP contribution < -0.4 is 5.32 Å². The summed E-state index contributed by atoms with van der Waals surface area (Å²) in [5.74, 6) is -1.14. The van der Waals surface area contributed by atoms with E-state index < -0.39 is 17.9 Å². The molecule has 6 heteroatoms. The van der Waals surface area contributed by atoms with Gasteiger partial charge in [-0.1, -0.05) is 0 Å². The molecule has 1 atom stereocenters. The van der Waals surface area contributed by atoms with Gasteiger partial charge in [0.15, 0.2) is 5.78 Å². The third kappa shape index (κ3) is 5.90. The number of esters is 1. The van der Waals surface area contributed by atoms with E-state index in [1.54, 1.807) is 0 Å². The number of hydrogen-bond donors (Lipinski definition) is 2. The molecular formula is C9H13NO4S. The lowest BCUT2D eigenvalue weighted by atomic mass is 10.2. The van der Waals surface area contributed by atoms with Crippen molar-refractivity contribution >= 4 is 30.3 Å². The Morgan fingerprint density at radius 1 is 1.40 bits per heavy atom. The Morgan fingerprint density at radius 3 is 2.40 bits per heavy atom. The predicted octanol–water partition coefficient (Wildman–Crippen LogP) is -0.281. The highest BCUT2D eigenvalue weighted by atomic mass is 32.1. The van der Waals surface area contributed by atoms with Crippen molar-refractivity contribution in [2.45, 2.75) is 13.0 Å². The molecule has 84 valence electrons. The quantitative estimate of drug-likeness (QED) is 0.388. The maximum atomic E-state index is 11.1. The first-order valence-electron chi connectivity index (χ1n) is 4.19. The van der Waals surface area contributed by atoms with Crippen molar-refractivity contribution in [3.8, 4) is 0 Å². The van der Waals surface area contributed by atoms with Crippen LogP contribution in [0.4, 0.5) is 0 Å². The van der Waals surface area contributed by atoms with Gasteiger partial charge in [-0.15, -0.1) is 0 Å². The second kappa shape index (κ2) is 7.05. The molecule has 0 unspecified atom stereocenters. The predicted molar refractivity (Wildman–Crippen MR) is 57.6 cm³/mol. The molecule has 1 amide bonds. The largest absolute Gasteiger partial charge is 0.466 e. The lowest BCUT2D eigenvalue weighted by molar-refractivity contribution is -0.135. The number of Topliss-reactive ketones (excluding diaryl/α,β-unsaturated/α-hetero) is 1. The molecule has 0 heterocycles. The molecule has 0 aromatic rings. The van der Waals surface area contributed by atoms with Gasteiger partial charge >= 0.3 is 5.97 Å². The number of methoxy groups -OCH3 is 1. The van der Waals surface area contributed by atoms with Crippen molar-refractivity contribution in [3.63, 3.8) is 0 Å². The number of hydrogen-bond acceptors (Lipinski definition) is 5. The SMILES string of the molecule is COC(=O)/C=C/C(=O)N[C@@H](CS)C(C)=O. The van der Waals surface area contributed by atoms with E-state index in [-0.39, 0.29) is 11.5 Å². The van der Waals surface area contributed by atoms with E-state index in [0.717, 1.165) is 12.2 Å². The molecule has 0 saturated heterocycles. The number of nitrogens with one attached hydrogen (secondary N) is 1. The standard InChI is InChI=1S/C9H13NO4S/c1-6(11)7(5-15)10-8(12)3-4-9(13)14-2/h3-4,7,15H,5H2,1-2H3,(H,10,12)/b4-3+/t7-/m0/s1. The molecule has 0 rings (SSSR count). The van der Waals surface area contributed by atoms with E-state index in [9.17, 15) is 14.4 Å². The number of ketones is 1. The van der Waals surface area contributed by atoms with Crippen molar-refractivity contribution < 1.29 is 19.1 Å². The van der Waals surface area contributed by atoms with Crippen molar-refractivity contribution in [2.24, 2.45) is 0 Å². The van der Waals surface area contributed by atoms with E-state index >= 15 is 0 Å². The summed E-state index contributed by atoms with van der Waals surface area (Å²) in [5.41, 5.74) is 0. The maximum Gasteiger partial charge on any atom is 0.330 e. The van der Waals surface area contributed by atoms with Crippen LogP contribution in [-0.2, 0) is 19.1 Å². The Balaban J connectivity index is 4.18. The molecule has 0 aliphatic heterocycles.